The second kappa shape index (κ2) is 6.52. The maximum Gasteiger partial charge on any atom is 0.417 e. The second-order valence-corrected chi connectivity index (χ2v) is 9.20. The summed E-state index contributed by atoms with van der Waals surface area (Å²) in [7, 11) is -4.56. The monoisotopic (exact) mass is 436 g/mol. The minimum atomic E-state index is -4.96. The number of aromatic nitrogens is 1. The predicted molar refractivity (Wildman–Crippen MR) is 97.5 cm³/mol. The fourth-order valence-corrected chi connectivity index (χ4v) is 5.75. The van der Waals surface area contributed by atoms with Crippen LogP contribution >= 0.6 is 0 Å². The molecule has 1 atom stereocenters. The van der Waals surface area contributed by atoms with E-state index in [1.807, 2.05) is 0 Å². The van der Waals surface area contributed by atoms with E-state index in [0.717, 1.165) is 16.4 Å². The molecule has 2 aliphatic rings. The highest BCUT2D eigenvalue weighted by Gasteiger charge is 2.53. The number of sulfonamides is 1. The van der Waals surface area contributed by atoms with Crippen LogP contribution in [0.4, 0.5) is 13.2 Å². The van der Waals surface area contributed by atoms with Crippen LogP contribution in [0.3, 0.4) is 0 Å². The molecular formula is C19H15F3N4O3S. The van der Waals surface area contributed by atoms with Crippen LogP contribution in [0.2, 0.25) is 0 Å². The third-order valence-corrected chi connectivity index (χ3v) is 7.38. The number of nitriles is 1. The zero-order chi connectivity index (χ0) is 21.9. The summed E-state index contributed by atoms with van der Waals surface area (Å²) in [5.74, 6) is -0.285. The Morgan fingerprint density at radius 2 is 1.97 bits per heavy atom. The van der Waals surface area contributed by atoms with Gasteiger partial charge < -0.3 is 4.90 Å². The van der Waals surface area contributed by atoms with Gasteiger partial charge in [-0.3, -0.25) is 9.78 Å². The molecule has 0 N–H and O–H groups in total. The van der Waals surface area contributed by atoms with Crippen LogP contribution in [0.5, 0.6) is 0 Å². The average Bonchev–Trinajstić information content (AvgIpc) is 2.94. The van der Waals surface area contributed by atoms with Gasteiger partial charge in [0.15, 0.2) is 0 Å². The SMILES string of the molecule is CC12CN(S(=O)(=O)c3ccc(C#N)cc3C(F)(F)F)CCN1C(=O)c1cccnc12. The van der Waals surface area contributed by atoms with E-state index >= 15 is 0 Å². The Balaban J connectivity index is 1.78. The predicted octanol–water partition coefficient (Wildman–Crippen LogP) is 2.35. The van der Waals surface area contributed by atoms with Crippen molar-refractivity contribution in [1.82, 2.24) is 14.2 Å². The highest BCUT2D eigenvalue weighted by molar-refractivity contribution is 7.89. The Labute approximate surface area is 170 Å². The highest BCUT2D eigenvalue weighted by Crippen LogP contribution is 2.42. The molecule has 1 aromatic heterocycles. The van der Waals surface area contributed by atoms with Crippen LogP contribution in [0.25, 0.3) is 0 Å². The number of amides is 1. The summed E-state index contributed by atoms with van der Waals surface area (Å²) in [5.41, 5.74) is -2.03. The van der Waals surface area contributed by atoms with Crippen molar-refractivity contribution >= 4 is 15.9 Å². The molecule has 11 heteroatoms. The largest absolute Gasteiger partial charge is 0.417 e. The number of pyridine rings is 1. The number of fused-ring (bicyclic) bond motifs is 3. The fourth-order valence-electron chi connectivity index (χ4n) is 4.04. The molecule has 1 aromatic carbocycles. The van der Waals surface area contributed by atoms with E-state index in [4.69, 9.17) is 5.26 Å². The van der Waals surface area contributed by atoms with Crippen molar-refractivity contribution in [3.05, 3.63) is 58.9 Å². The summed E-state index contributed by atoms with van der Waals surface area (Å²) in [5, 5.41) is 8.90. The van der Waals surface area contributed by atoms with Crippen molar-refractivity contribution in [2.45, 2.75) is 23.5 Å². The van der Waals surface area contributed by atoms with Crippen molar-refractivity contribution < 1.29 is 26.4 Å². The van der Waals surface area contributed by atoms with Gasteiger partial charge in [-0.2, -0.15) is 22.7 Å². The smallest absolute Gasteiger partial charge is 0.325 e. The number of hydrogen-bond acceptors (Lipinski definition) is 5. The van der Waals surface area contributed by atoms with Crippen LogP contribution in [0.1, 0.15) is 34.1 Å². The molecule has 0 spiro atoms. The summed E-state index contributed by atoms with van der Waals surface area (Å²) in [4.78, 5) is 17.5. The molecule has 0 bridgehead atoms. The number of piperazine rings is 1. The molecule has 7 nitrogen and oxygen atoms in total. The lowest BCUT2D eigenvalue weighted by atomic mass is 9.95. The van der Waals surface area contributed by atoms with Gasteiger partial charge in [-0.15, -0.1) is 0 Å². The summed E-state index contributed by atoms with van der Waals surface area (Å²) in [6, 6.07) is 7.15. The maximum absolute atomic E-state index is 13.5. The lowest BCUT2D eigenvalue weighted by molar-refractivity contribution is -0.140. The van der Waals surface area contributed by atoms with E-state index in [1.165, 1.54) is 11.1 Å². The summed E-state index contributed by atoms with van der Waals surface area (Å²) in [6.07, 6.45) is -3.48. The normalized spacial score (nSPS) is 21.8. The molecule has 2 aromatic rings. The van der Waals surface area contributed by atoms with Crippen LogP contribution in [0.15, 0.2) is 41.4 Å². The zero-order valence-corrected chi connectivity index (χ0v) is 16.5. The van der Waals surface area contributed by atoms with Crippen LogP contribution in [-0.4, -0.2) is 48.1 Å². The number of nitrogens with zero attached hydrogens (tertiary/aromatic N) is 4. The summed E-state index contributed by atoms with van der Waals surface area (Å²) in [6.45, 7) is 1.27. The fraction of sp³-hybridized carbons (Fsp3) is 0.316. The van der Waals surface area contributed by atoms with Crippen molar-refractivity contribution in [2.24, 2.45) is 0 Å². The van der Waals surface area contributed by atoms with Crippen molar-refractivity contribution in [1.29, 1.82) is 5.26 Å². The Bertz CT molecular complexity index is 1210. The molecule has 2 aliphatic heterocycles. The zero-order valence-electron chi connectivity index (χ0n) is 15.6. The van der Waals surface area contributed by atoms with E-state index in [1.54, 1.807) is 25.1 Å². The first-order chi connectivity index (χ1) is 14.0. The summed E-state index contributed by atoms with van der Waals surface area (Å²) >= 11 is 0. The van der Waals surface area contributed by atoms with Gasteiger partial charge in [-0.25, -0.2) is 8.42 Å². The molecule has 0 radical (unpaired) electrons. The first-order valence-electron chi connectivity index (χ1n) is 8.89. The number of hydrogen-bond donors (Lipinski definition) is 0. The third-order valence-electron chi connectivity index (χ3n) is 5.48. The molecule has 30 heavy (non-hydrogen) atoms. The van der Waals surface area contributed by atoms with Gasteiger partial charge in [0, 0.05) is 25.8 Å². The highest BCUT2D eigenvalue weighted by atomic mass is 32.2. The number of carbonyl (C=O) groups excluding carboxylic acids is 1. The van der Waals surface area contributed by atoms with Crippen LogP contribution in [0, 0.1) is 11.3 Å². The standard InChI is InChI=1S/C19H15F3N4O3S/c1-18-11-25(7-8-26(18)17(27)13-3-2-6-24-16(13)18)30(28,29)15-5-4-12(10-23)9-14(15)19(20,21)22/h2-6,9H,7-8,11H2,1H3. The molecule has 1 fully saturated rings. The van der Waals surface area contributed by atoms with Gasteiger partial charge in [0.1, 0.15) is 0 Å². The molecule has 3 heterocycles. The minimum Gasteiger partial charge on any atom is -0.325 e. The van der Waals surface area contributed by atoms with Gasteiger partial charge in [0.25, 0.3) is 5.91 Å². The molecule has 1 saturated heterocycles. The van der Waals surface area contributed by atoms with E-state index < -0.39 is 32.2 Å². The molecule has 1 amide bonds. The molecule has 156 valence electrons. The molecule has 1 unspecified atom stereocenters. The van der Waals surface area contributed by atoms with Crippen molar-refractivity contribution in [3.63, 3.8) is 0 Å². The van der Waals surface area contributed by atoms with E-state index in [9.17, 15) is 26.4 Å². The average molecular weight is 436 g/mol. The molecule has 0 aliphatic carbocycles. The van der Waals surface area contributed by atoms with E-state index in [0.29, 0.717) is 17.3 Å². The van der Waals surface area contributed by atoms with E-state index in [-0.39, 0.29) is 31.1 Å². The Morgan fingerprint density at radius 1 is 1.23 bits per heavy atom. The van der Waals surface area contributed by atoms with Gasteiger partial charge in [0.2, 0.25) is 10.0 Å². The Hall–Kier alpha value is -2.97. The topological polar surface area (TPSA) is 94.4 Å². The van der Waals surface area contributed by atoms with Crippen LogP contribution in [-0.2, 0) is 21.7 Å². The quantitative estimate of drug-likeness (QED) is 0.720. The number of alkyl halides is 3. The lowest BCUT2D eigenvalue weighted by Crippen LogP contribution is -2.58. The molecular weight excluding hydrogens is 421 g/mol. The molecule has 0 saturated carbocycles. The Morgan fingerprint density at radius 3 is 2.63 bits per heavy atom. The minimum absolute atomic E-state index is 0.0164. The first kappa shape index (κ1) is 20.3. The van der Waals surface area contributed by atoms with Gasteiger partial charge >= 0.3 is 6.18 Å². The van der Waals surface area contributed by atoms with Gasteiger partial charge in [-0.05, 0) is 37.3 Å². The second-order valence-electron chi connectivity index (χ2n) is 7.29. The number of carbonyl (C=O) groups is 1. The van der Waals surface area contributed by atoms with Gasteiger partial charge in [0.05, 0.1) is 38.9 Å². The van der Waals surface area contributed by atoms with E-state index in [2.05, 4.69) is 4.98 Å². The maximum atomic E-state index is 13.5. The third kappa shape index (κ3) is 2.86. The number of benzene rings is 1. The van der Waals surface area contributed by atoms with Crippen LogP contribution < -0.4 is 0 Å². The first-order valence-corrected chi connectivity index (χ1v) is 10.3. The summed E-state index contributed by atoms with van der Waals surface area (Å²) < 4.78 is 68.0. The van der Waals surface area contributed by atoms with Gasteiger partial charge in [-0.1, -0.05) is 0 Å². The number of rotatable bonds is 2. The Kier molecular flexibility index (Phi) is 4.41. The van der Waals surface area contributed by atoms with Crippen molar-refractivity contribution in [3.8, 4) is 6.07 Å². The lowest BCUT2D eigenvalue weighted by Gasteiger charge is -2.44. The number of halogens is 3. The molecule has 4 rings (SSSR count). The van der Waals surface area contributed by atoms with Crippen molar-refractivity contribution in [2.75, 3.05) is 19.6 Å².